The van der Waals surface area contributed by atoms with Crippen LogP contribution in [0.4, 0.5) is 13.2 Å². The van der Waals surface area contributed by atoms with Gasteiger partial charge in [-0.05, 0) is 12.5 Å². The molecule has 0 aliphatic carbocycles. The molecule has 106 valence electrons. The number of likely N-dealkylation sites (N-methyl/N-ethyl adjacent to an activating group) is 1. The first-order valence-corrected chi connectivity index (χ1v) is 5.43. The lowest BCUT2D eigenvalue weighted by Gasteiger charge is -2.18. The molecule has 0 spiro atoms. The van der Waals surface area contributed by atoms with Gasteiger partial charge < -0.3 is 16.0 Å². The summed E-state index contributed by atoms with van der Waals surface area (Å²) in [6, 6.07) is 0. The minimum absolute atomic E-state index is 0.0295. The van der Waals surface area contributed by atoms with Crippen molar-refractivity contribution in [3.8, 4) is 0 Å². The standard InChI is InChI=1S/C10H18F3N3O2/c1-7(4-14)3-9(18)16(2)5-8(17)15-6-10(11,12)13/h7H,3-6,14H2,1-2H3,(H,15,17). The van der Waals surface area contributed by atoms with E-state index in [2.05, 4.69) is 0 Å². The first-order valence-electron chi connectivity index (χ1n) is 5.43. The van der Waals surface area contributed by atoms with E-state index >= 15 is 0 Å². The Balaban J connectivity index is 4.03. The third-order valence-corrected chi connectivity index (χ3v) is 2.22. The highest BCUT2D eigenvalue weighted by molar-refractivity contribution is 5.84. The molecular weight excluding hydrogens is 251 g/mol. The van der Waals surface area contributed by atoms with Gasteiger partial charge in [-0.25, -0.2) is 0 Å². The molecule has 18 heavy (non-hydrogen) atoms. The average Bonchev–Trinajstić information content (AvgIpc) is 2.25. The third-order valence-electron chi connectivity index (χ3n) is 2.22. The number of hydrogen-bond acceptors (Lipinski definition) is 3. The van der Waals surface area contributed by atoms with E-state index in [-0.39, 0.29) is 18.2 Å². The fraction of sp³-hybridized carbons (Fsp3) is 0.800. The van der Waals surface area contributed by atoms with E-state index < -0.39 is 25.2 Å². The summed E-state index contributed by atoms with van der Waals surface area (Å²) in [5, 5.41) is 1.69. The van der Waals surface area contributed by atoms with Crippen molar-refractivity contribution in [2.24, 2.45) is 11.7 Å². The lowest BCUT2D eigenvalue weighted by molar-refractivity contribution is -0.141. The fourth-order valence-electron chi connectivity index (χ4n) is 1.10. The first kappa shape index (κ1) is 16.7. The zero-order valence-corrected chi connectivity index (χ0v) is 10.4. The van der Waals surface area contributed by atoms with Gasteiger partial charge in [0.15, 0.2) is 0 Å². The van der Waals surface area contributed by atoms with Crippen LogP contribution in [0.1, 0.15) is 13.3 Å². The average molecular weight is 269 g/mol. The Bertz CT molecular complexity index is 295. The summed E-state index contributed by atoms with van der Waals surface area (Å²) in [5.41, 5.74) is 5.34. The maximum absolute atomic E-state index is 11.8. The van der Waals surface area contributed by atoms with Crippen LogP contribution in [0.5, 0.6) is 0 Å². The van der Waals surface area contributed by atoms with Crippen LogP contribution < -0.4 is 11.1 Å². The van der Waals surface area contributed by atoms with Crippen LogP contribution in [0.15, 0.2) is 0 Å². The molecule has 1 atom stereocenters. The summed E-state index contributed by atoms with van der Waals surface area (Å²) in [6.07, 6.45) is -4.29. The van der Waals surface area contributed by atoms with Crippen molar-refractivity contribution < 1.29 is 22.8 Å². The van der Waals surface area contributed by atoms with Gasteiger partial charge in [0, 0.05) is 13.5 Å². The summed E-state index contributed by atoms with van der Waals surface area (Å²) >= 11 is 0. The van der Waals surface area contributed by atoms with Crippen molar-refractivity contribution in [3.63, 3.8) is 0 Å². The van der Waals surface area contributed by atoms with Crippen LogP contribution in [0.2, 0.25) is 0 Å². The number of nitrogens with two attached hydrogens (primary N) is 1. The quantitative estimate of drug-likeness (QED) is 0.718. The van der Waals surface area contributed by atoms with Gasteiger partial charge in [-0.2, -0.15) is 13.2 Å². The summed E-state index contributed by atoms with van der Waals surface area (Å²) in [5.74, 6) is -1.20. The lowest BCUT2D eigenvalue weighted by Crippen LogP contribution is -2.42. The number of carbonyl (C=O) groups is 2. The molecule has 0 aromatic heterocycles. The Morgan fingerprint density at radius 2 is 1.94 bits per heavy atom. The van der Waals surface area contributed by atoms with E-state index in [1.807, 2.05) is 0 Å². The molecule has 0 heterocycles. The largest absolute Gasteiger partial charge is 0.405 e. The zero-order chi connectivity index (χ0) is 14.3. The van der Waals surface area contributed by atoms with Crippen LogP contribution in [0.3, 0.4) is 0 Å². The molecular formula is C10H18F3N3O2. The topological polar surface area (TPSA) is 75.4 Å². The third kappa shape index (κ3) is 7.88. The minimum atomic E-state index is -4.45. The molecule has 2 amide bonds. The Hall–Kier alpha value is -1.31. The van der Waals surface area contributed by atoms with E-state index in [4.69, 9.17) is 5.73 Å². The van der Waals surface area contributed by atoms with Gasteiger partial charge in [-0.15, -0.1) is 0 Å². The van der Waals surface area contributed by atoms with Gasteiger partial charge in [-0.1, -0.05) is 6.92 Å². The highest BCUT2D eigenvalue weighted by Crippen LogP contribution is 2.12. The second-order valence-electron chi connectivity index (χ2n) is 4.19. The van der Waals surface area contributed by atoms with Crippen molar-refractivity contribution in [1.29, 1.82) is 0 Å². The van der Waals surface area contributed by atoms with E-state index in [0.29, 0.717) is 6.54 Å². The van der Waals surface area contributed by atoms with Crippen molar-refractivity contribution in [3.05, 3.63) is 0 Å². The highest BCUT2D eigenvalue weighted by Gasteiger charge is 2.28. The Labute approximate surface area is 103 Å². The number of nitrogens with zero attached hydrogens (tertiary/aromatic N) is 1. The minimum Gasteiger partial charge on any atom is -0.345 e. The van der Waals surface area contributed by atoms with E-state index in [1.165, 1.54) is 7.05 Å². The van der Waals surface area contributed by atoms with E-state index in [9.17, 15) is 22.8 Å². The molecule has 3 N–H and O–H groups in total. The predicted octanol–water partition coefficient (Wildman–Crippen LogP) is 0.108. The second kappa shape index (κ2) is 7.20. The SMILES string of the molecule is CC(CN)CC(=O)N(C)CC(=O)NCC(F)(F)F. The summed E-state index contributed by atoms with van der Waals surface area (Å²) in [7, 11) is 1.36. The molecule has 0 aromatic carbocycles. The Morgan fingerprint density at radius 1 is 1.39 bits per heavy atom. The van der Waals surface area contributed by atoms with Crippen LogP contribution in [0.25, 0.3) is 0 Å². The van der Waals surface area contributed by atoms with Crippen LogP contribution in [-0.4, -0.2) is 49.6 Å². The van der Waals surface area contributed by atoms with Crippen molar-refractivity contribution in [2.75, 3.05) is 26.7 Å². The van der Waals surface area contributed by atoms with Crippen molar-refractivity contribution in [1.82, 2.24) is 10.2 Å². The summed E-state index contributed by atoms with van der Waals surface area (Å²) < 4.78 is 35.5. The van der Waals surface area contributed by atoms with E-state index in [0.717, 1.165) is 4.90 Å². The number of carbonyl (C=O) groups excluding carboxylic acids is 2. The number of nitrogens with one attached hydrogen (secondary N) is 1. The molecule has 8 heteroatoms. The van der Waals surface area contributed by atoms with Gasteiger partial charge in [-0.3, -0.25) is 9.59 Å². The maximum atomic E-state index is 11.8. The van der Waals surface area contributed by atoms with Gasteiger partial charge in [0.25, 0.3) is 0 Å². The molecule has 0 radical (unpaired) electrons. The number of amides is 2. The number of alkyl halides is 3. The molecule has 5 nitrogen and oxygen atoms in total. The molecule has 0 aliphatic heterocycles. The molecule has 0 saturated carbocycles. The Kier molecular flexibility index (Phi) is 6.67. The van der Waals surface area contributed by atoms with Crippen LogP contribution in [-0.2, 0) is 9.59 Å². The maximum Gasteiger partial charge on any atom is 0.405 e. The normalized spacial score (nSPS) is 13.0. The summed E-state index contributed by atoms with van der Waals surface area (Å²) in [6.45, 7) is 0.314. The molecule has 0 bridgehead atoms. The molecule has 0 aliphatic rings. The van der Waals surface area contributed by atoms with Gasteiger partial charge in [0.1, 0.15) is 6.54 Å². The van der Waals surface area contributed by atoms with Gasteiger partial charge in [0.05, 0.1) is 6.54 Å². The monoisotopic (exact) mass is 269 g/mol. The molecule has 0 aromatic rings. The predicted molar refractivity (Wildman–Crippen MR) is 59.5 cm³/mol. The molecule has 0 saturated heterocycles. The molecule has 0 rings (SSSR count). The van der Waals surface area contributed by atoms with Crippen molar-refractivity contribution >= 4 is 11.8 Å². The smallest absolute Gasteiger partial charge is 0.345 e. The van der Waals surface area contributed by atoms with Crippen LogP contribution in [0, 0.1) is 5.92 Å². The van der Waals surface area contributed by atoms with E-state index in [1.54, 1.807) is 12.2 Å². The summed E-state index contributed by atoms with van der Waals surface area (Å²) in [4.78, 5) is 23.7. The van der Waals surface area contributed by atoms with Gasteiger partial charge in [0.2, 0.25) is 11.8 Å². The number of hydrogen-bond donors (Lipinski definition) is 2. The zero-order valence-electron chi connectivity index (χ0n) is 10.4. The lowest BCUT2D eigenvalue weighted by atomic mass is 10.1. The number of rotatable bonds is 6. The molecule has 1 unspecified atom stereocenters. The highest BCUT2D eigenvalue weighted by atomic mass is 19.4. The molecule has 0 fully saturated rings. The van der Waals surface area contributed by atoms with Crippen LogP contribution >= 0.6 is 0 Å². The number of halogens is 3. The Morgan fingerprint density at radius 3 is 2.39 bits per heavy atom. The first-order chi connectivity index (χ1) is 8.15. The second-order valence-corrected chi connectivity index (χ2v) is 4.19. The fourth-order valence-corrected chi connectivity index (χ4v) is 1.10. The van der Waals surface area contributed by atoms with Gasteiger partial charge >= 0.3 is 6.18 Å². The van der Waals surface area contributed by atoms with Crippen molar-refractivity contribution in [2.45, 2.75) is 19.5 Å².